The molecule has 0 bridgehead atoms. The molecular weight excluding hydrogens is 212 g/mol. The molecule has 76 valence electrons. The van der Waals surface area contributed by atoms with E-state index in [4.69, 9.17) is 0 Å². The van der Waals surface area contributed by atoms with Crippen LogP contribution in [0.2, 0.25) is 0 Å². The Morgan fingerprint density at radius 3 is 2.07 bits per heavy atom. The molecule has 0 fully saturated rings. The number of hydrogen-bond donors (Lipinski definition) is 0. The minimum atomic E-state index is -3.56. The van der Waals surface area contributed by atoms with Gasteiger partial charge >= 0.3 is 0 Å². The maximum Gasteiger partial charge on any atom is 0.251 e. The van der Waals surface area contributed by atoms with Gasteiger partial charge in [0.2, 0.25) is 9.84 Å². The normalized spacial score (nSPS) is 11.2. The highest BCUT2D eigenvalue weighted by Gasteiger charge is 2.19. The van der Waals surface area contributed by atoms with Crippen LogP contribution in [0, 0.1) is 0 Å². The van der Waals surface area contributed by atoms with Crippen LogP contribution in [0.1, 0.15) is 0 Å². The summed E-state index contributed by atoms with van der Waals surface area (Å²) in [5, 5.41) is -0.170. The van der Waals surface area contributed by atoms with Gasteiger partial charge in [-0.25, -0.2) is 18.4 Å². The number of sulfone groups is 1. The van der Waals surface area contributed by atoms with Gasteiger partial charge in [0.1, 0.15) is 0 Å². The predicted octanol–water partition coefficient (Wildman–Crippen LogP) is 1.31. The quantitative estimate of drug-likeness (QED) is 0.716. The molecule has 0 aliphatic rings. The zero-order chi connectivity index (χ0) is 10.7. The van der Waals surface area contributed by atoms with E-state index in [-0.39, 0.29) is 10.1 Å². The summed E-state index contributed by atoms with van der Waals surface area (Å²) < 4.78 is 23.8. The van der Waals surface area contributed by atoms with Crippen LogP contribution in [0.3, 0.4) is 0 Å². The van der Waals surface area contributed by atoms with Crippen molar-refractivity contribution >= 4 is 9.84 Å². The van der Waals surface area contributed by atoms with E-state index in [0.717, 1.165) is 0 Å². The van der Waals surface area contributed by atoms with Crippen molar-refractivity contribution in [2.24, 2.45) is 0 Å². The fourth-order valence-corrected chi connectivity index (χ4v) is 2.25. The topological polar surface area (TPSA) is 59.9 Å². The fraction of sp³-hybridized carbons (Fsp3) is 0. The summed E-state index contributed by atoms with van der Waals surface area (Å²) in [6.45, 7) is 0. The molecule has 5 heteroatoms. The maximum atomic E-state index is 11.9. The largest absolute Gasteiger partial charge is 0.251 e. The summed E-state index contributed by atoms with van der Waals surface area (Å²) in [4.78, 5) is 7.66. The molecule has 0 aliphatic carbocycles. The van der Waals surface area contributed by atoms with Gasteiger partial charge in [-0.15, -0.1) is 0 Å². The Kier molecular flexibility index (Phi) is 2.47. The van der Waals surface area contributed by atoms with Gasteiger partial charge in [-0.2, -0.15) is 0 Å². The third kappa shape index (κ3) is 1.87. The van der Waals surface area contributed by atoms with Gasteiger partial charge in [-0.3, -0.25) is 0 Å². The Labute approximate surface area is 87.6 Å². The van der Waals surface area contributed by atoms with Gasteiger partial charge in [-0.1, -0.05) is 18.2 Å². The first-order valence-electron chi connectivity index (χ1n) is 4.28. The predicted molar refractivity (Wildman–Crippen MR) is 53.9 cm³/mol. The van der Waals surface area contributed by atoms with Crippen molar-refractivity contribution in [3.8, 4) is 0 Å². The van der Waals surface area contributed by atoms with Gasteiger partial charge in [0.25, 0.3) is 5.16 Å². The molecule has 15 heavy (non-hydrogen) atoms. The molecule has 2 aromatic rings. The van der Waals surface area contributed by atoms with Crippen molar-refractivity contribution in [3.05, 3.63) is 48.8 Å². The summed E-state index contributed by atoms with van der Waals surface area (Å²) in [5.74, 6) is 0. The molecule has 0 N–H and O–H groups in total. The van der Waals surface area contributed by atoms with Gasteiger partial charge < -0.3 is 0 Å². The van der Waals surface area contributed by atoms with E-state index in [1.54, 1.807) is 24.3 Å². The Bertz CT molecular complexity index is 493. The van der Waals surface area contributed by atoms with Crippen LogP contribution in [0.15, 0.2) is 58.8 Å². The van der Waals surface area contributed by atoms with Crippen molar-refractivity contribution in [1.29, 1.82) is 0 Å². The lowest BCUT2D eigenvalue weighted by Crippen LogP contribution is -2.06. The van der Waals surface area contributed by atoms with Crippen LogP contribution < -0.4 is 0 Å². The van der Waals surface area contributed by atoms with E-state index in [1.165, 1.54) is 24.5 Å². The van der Waals surface area contributed by atoms with Crippen molar-refractivity contribution < 1.29 is 8.42 Å². The molecule has 4 nitrogen and oxygen atoms in total. The zero-order valence-electron chi connectivity index (χ0n) is 7.74. The highest BCUT2D eigenvalue weighted by Crippen LogP contribution is 2.15. The Morgan fingerprint density at radius 1 is 0.867 bits per heavy atom. The van der Waals surface area contributed by atoms with Gasteiger partial charge in [0, 0.05) is 12.4 Å². The molecule has 1 heterocycles. The molecule has 1 aromatic carbocycles. The summed E-state index contributed by atoms with van der Waals surface area (Å²) in [5.41, 5.74) is 0. The molecule has 0 saturated heterocycles. The highest BCUT2D eigenvalue weighted by atomic mass is 32.2. The van der Waals surface area contributed by atoms with Gasteiger partial charge in [-0.05, 0) is 18.2 Å². The van der Waals surface area contributed by atoms with Crippen molar-refractivity contribution in [3.63, 3.8) is 0 Å². The lowest BCUT2D eigenvalue weighted by Gasteiger charge is -2.00. The molecule has 0 unspecified atom stereocenters. The summed E-state index contributed by atoms with van der Waals surface area (Å²) in [6.07, 6.45) is 2.81. The number of rotatable bonds is 2. The van der Waals surface area contributed by atoms with Crippen LogP contribution >= 0.6 is 0 Å². The second-order valence-electron chi connectivity index (χ2n) is 2.85. The Morgan fingerprint density at radius 2 is 1.47 bits per heavy atom. The standard InChI is InChI=1S/C10H8N2O2S/c13-15(14,9-5-2-1-3-6-9)10-11-7-4-8-12-10/h1-8H. The molecule has 0 radical (unpaired) electrons. The minimum absolute atomic E-state index is 0.170. The number of aromatic nitrogens is 2. The smallest absolute Gasteiger partial charge is 0.227 e. The van der Waals surface area contributed by atoms with E-state index >= 15 is 0 Å². The van der Waals surface area contributed by atoms with Crippen molar-refractivity contribution in [2.75, 3.05) is 0 Å². The monoisotopic (exact) mass is 220 g/mol. The Hall–Kier alpha value is -1.75. The molecule has 0 spiro atoms. The van der Waals surface area contributed by atoms with Crippen LogP contribution in [-0.4, -0.2) is 18.4 Å². The molecular formula is C10H8N2O2S. The number of hydrogen-bond acceptors (Lipinski definition) is 4. The summed E-state index contributed by atoms with van der Waals surface area (Å²) >= 11 is 0. The first-order chi connectivity index (χ1) is 7.21. The third-order valence-corrected chi connectivity index (χ3v) is 3.42. The minimum Gasteiger partial charge on any atom is -0.227 e. The van der Waals surface area contributed by atoms with Gasteiger partial charge in [0.05, 0.1) is 4.90 Å². The second-order valence-corrected chi connectivity index (χ2v) is 4.69. The van der Waals surface area contributed by atoms with E-state index in [1.807, 2.05) is 0 Å². The van der Waals surface area contributed by atoms with Crippen LogP contribution in [0.4, 0.5) is 0 Å². The van der Waals surface area contributed by atoms with Crippen LogP contribution in [0.5, 0.6) is 0 Å². The lowest BCUT2D eigenvalue weighted by atomic mass is 10.4. The average molecular weight is 220 g/mol. The average Bonchev–Trinajstić information content (AvgIpc) is 2.31. The van der Waals surface area contributed by atoms with Gasteiger partial charge in [0.15, 0.2) is 0 Å². The number of nitrogens with zero attached hydrogens (tertiary/aromatic N) is 2. The van der Waals surface area contributed by atoms with E-state index < -0.39 is 9.84 Å². The molecule has 0 amide bonds. The summed E-state index contributed by atoms with van der Waals surface area (Å²) in [7, 11) is -3.56. The Balaban J connectivity index is 2.55. The highest BCUT2D eigenvalue weighted by molar-refractivity contribution is 7.91. The van der Waals surface area contributed by atoms with Crippen molar-refractivity contribution in [1.82, 2.24) is 9.97 Å². The molecule has 2 rings (SSSR count). The van der Waals surface area contributed by atoms with E-state index in [9.17, 15) is 8.42 Å². The fourth-order valence-electron chi connectivity index (χ4n) is 1.13. The third-order valence-electron chi connectivity index (χ3n) is 1.84. The SMILES string of the molecule is O=S(=O)(c1ccccc1)c1ncccn1. The van der Waals surface area contributed by atoms with Crippen LogP contribution in [0.25, 0.3) is 0 Å². The van der Waals surface area contributed by atoms with E-state index in [2.05, 4.69) is 9.97 Å². The van der Waals surface area contributed by atoms with E-state index in [0.29, 0.717) is 0 Å². The molecule has 0 aliphatic heterocycles. The van der Waals surface area contributed by atoms with Crippen molar-refractivity contribution in [2.45, 2.75) is 10.1 Å². The molecule has 0 saturated carbocycles. The number of benzene rings is 1. The molecule has 0 atom stereocenters. The molecule has 1 aromatic heterocycles. The first-order valence-corrected chi connectivity index (χ1v) is 5.77. The maximum absolute atomic E-state index is 11.9. The lowest BCUT2D eigenvalue weighted by molar-refractivity contribution is 0.587. The second kappa shape index (κ2) is 3.78. The zero-order valence-corrected chi connectivity index (χ0v) is 8.55. The first kappa shape index (κ1) is 9.79. The van der Waals surface area contributed by atoms with Crippen LogP contribution in [-0.2, 0) is 9.84 Å². The summed E-state index contributed by atoms with van der Waals surface area (Å²) in [6, 6.07) is 9.69.